The summed E-state index contributed by atoms with van der Waals surface area (Å²) in [5.74, 6) is -0.728. The minimum atomic E-state index is -0.677. The first kappa shape index (κ1) is 25.4. The molecule has 0 bridgehead atoms. The Balaban J connectivity index is -0.000000295. The van der Waals surface area contributed by atoms with Gasteiger partial charge in [0.05, 0.1) is 5.92 Å². The molecule has 131 valence electrons. The zero-order valence-electron chi connectivity index (χ0n) is 13.8. The topological polar surface area (TPSA) is 74.6 Å². The van der Waals surface area contributed by atoms with Gasteiger partial charge in [0.25, 0.3) is 0 Å². The van der Waals surface area contributed by atoms with E-state index in [1.165, 1.54) is 0 Å². The number of hydrogen-bond donors (Lipinski definition) is 2. The van der Waals surface area contributed by atoms with Gasteiger partial charge < -0.3 is 10.2 Å². The van der Waals surface area contributed by atoms with Gasteiger partial charge in [-0.3, -0.25) is 9.59 Å². The Morgan fingerprint density at radius 3 is 1.86 bits per heavy atom. The molecule has 0 aromatic rings. The van der Waals surface area contributed by atoms with Crippen molar-refractivity contribution in [1.82, 2.24) is 0 Å². The van der Waals surface area contributed by atoms with Crippen molar-refractivity contribution < 1.29 is 36.9 Å². The van der Waals surface area contributed by atoms with Gasteiger partial charge in [0.15, 0.2) is 0 Å². The Hall–Kier alpha value is -0.541. The van der Waals surface area contributed by atoms with Crippen molar-refractivity contribution >= 4 is 11.9 Å². The van der Waals surface area contributed by atoms with E-state index in [0.29, 0.717) is 12.3 Å². The summed E-state index contributed by atoms with van der Waals surface area (Å²) in [5, 5.41) is 16.9. The molecule has 1 unspecified atom stereocenters. The summed E-state index contributed by atoms with van der Waals surface area (Å²) in [6.07, 6.45) is 7.06. The Labute approximate surface area is 140 Å². The Morgan fingerprint density at radius 2 is 1.52 bits per heavy atom. The predicted molar refractivity (Wildman–Crippen MR) is 81.9 cm³/mol. The van der Waals surface area contributed by atoms with Crippen molar-refractivity contribution in [2.24, 2.45) is 11.8 Å². The molecule has 0 saturated heterocycles. The summed E-state index contributed by atoms with van der Waals surface area (Å²) >= 11 is 0. The average molecular weight is 352 g/mol. The van der Waals surface area contributed by atoms with E-state index in [0.717, 1.165) is 44.9 Å². The third kappa shape index (κ3) is 21.9. The van der Waals surface area contributed by atoms with E-state index in [1.807, 2.05) is 6.92 Å². The van der Waals surface area contributed by atoms with Gasteiger partial charge in [0, 0.05) is 23.5 Å². The van der Waals surface area contributed by atoms with Crippen LogP contribution in [0.1, 0.15) is 79.1 Å². The number of rotatable bonds is 10. The van der Waals surface area contributed by atoms with Crippen molar-refractivity contribution in [3.63, 3.8) is 0 Å². The van der Waals surface area contributed by atoms with Crippen LogP contribution in [-0.2, 0) is 26.7 Å². The Morgan fingerprint density at radius 1 is 0.952 bits per heavy atom. The van der Waals surface area contributed by atoms with Gasteiger partial charge in [0.2, 0.25) is 0 Å². The zero-order chi connectivity index (χ0) is 16.0. The van der Waals surface area contributed by atoms with Crippen LogP contribution in [0.2, 0.25) is 0 Å². The number of carboxylic acids is 2. The average Bonchev–Trinajstić information content (AvgIpc) is 2.35. The first-order valence-corrected chi connectivity index (χ1v) is 7.79. The third-order valence-electron chi connectivity index (χ3n) is 3.17. The van der Waals surface area contributed by atoms with Gasteiger partial charge in [-0.1, -0.05) is 53.4 Å². The fraction of sp³-hybridized carbons (Fsp3) is 0.875. The molecule has 0 spiro atoms. The van der Waals surface area contributed by atoms with Gasteiger partial charge in [0.1, 0.15) is 0 Å². The van der Waals surface area contributed by atoms with Crippen LogP contribution < -0.4 is 0 Å². The van der Waals surface area contributed by atoms with Crippen LogP contribution in [0.5, 0.6) is 0 Å². The maximum atomic E-state index is 10.4. The van der Waals surface area contributed by atoms with Crippen LogP contribution >= 0.6 is 0 Å². The van der Waals surface area contributed by atoms with Gasteiger partial charge in [-0.2, -0.15) is 0 Å². The number of aliphatic carboxylic acids is 2. The SMILES string of the molecule is CC(C)CCCCC(=O)O.CCCCC(CC)C(=O)O.[Cu]. The molecule has 0 aromatic carbocycles. The van der Waals surface area contributed by atoms with Crippen LogP contribution in [0.4, 0.5) is 0 Å². The molecule has 0 aliphatic rings. The molecule has 21 heavy (non-hydrogen) atoms. The molecule has 4 nitrogen and oxygen atoms in total. The molecule has 1 atom stereocenters. The van der Waals surface area contributed by atoms with E-state index in [9.17, 15) is 9.59 Å². The smallest absolute Gasteiger partial charge is 0.306 e. The monoisotopic (exact) mass is 351 g/mol. The van der Waals surface area contributed by atoms with Gasteiger partial charge in [-0.25, -0.2) is 0 Å². The fourth-order valence-electron chi connectivity index (χ4n) is 1.78. The summed E-state index contributed by atoms with van der Waals surface area (Å²) in [6.45, 7) is 8.31. The third-order valence-corrected chi connectivity index (χ3v) is 3.17. The first-order chi connectivity index (χ1) is 9.34. The van der Waals surface area contributed by atoms with Crippen molar-refractivity contribution in [1.29, 1.82) is 0 Å². The first-order valence-electron chi connectivity index (χ1n) is 7.79. The summed E-state index contributed by atoms with van der Waals surface area (Å²) in [7, 11) is 0. The molecule has 2 N–H and O–H groups in total. The van der Waals surface area contributed by atoms with Gasteiger partial charge in [-0.05, 0) is 25.2 Å². The van der Waals surface area contributed by atoms with Crippen molar-refractivity contribution in [2.75, 3.05) is 0 Å². The summed E-state index contributed by atoms with van der Waals surface area (Å²) in [4.78, 5) is 20.5. The molecule has 1 radical (unpaired) electrons. The maximum Gasteiger partial charge on any atom is 0.306 e. The van der Waals surface area contributed by atoms with Crippen LogP contribution in [0.25, 0.3) is 0 Å². The number of carbonyl (C=O) groups is 2. The second-order valence-electron chi connectivity index (χ2n) is 5.62. The van der Waals surface area contributed by atoms with E-state index in [-0.39, 0.29) is 23.0 Å². The Bertz CT molecular complexity index is 255. The van der Waals surface area contributed by atoms with Gasteiger partial charge in [-0.15, -0.1) is 0 Å². The molecular formula is C16H32CuO4. The minimum Gasteiger partial charge on any atom is -0.481 e. The second-order valence-corrected chi connectivity index (χ2v) is 5.62. The summed E-state index contributed by atoms with van der Waals surface area (Å²) < 4.78 is 0. The second kappa shape index (κ2) is 17.5. The molecule has 0 aliphatic heterocycles. The Kier molecular flexibility index (Phi) is 21.2. The van der Waals surface area contributed by atoms with E-state index in [1.54, 1.807) is 0 Å². The number of carboxylic acid groups (broad SMARTS) is 2. The van der Waals surface area contributed by atoms with Gasteiger partial charge >= 0.3 is 11.9 Å². The van der Waals surface area contributed by atoms with E-state index in [2.05, 4.69) is 20.8 Å². The number of unbranched alkanes of at least 4 members (excludes halogenated alkanes) is 2. The van der Waals surface area contributed by atoms with Crippen molar-refractivity contribution in [3.05, 3.63) is 0 Å². The van der Waals surface area contributed by atoms with Crippen LogP contribution in [0.15, 0.2) is 0 Å². The molecule has 0 fully saturated rings. The molecule has 0 amide bonds. The van der Waals surface area contributed by atoms with E-state index < -0.39 is 11.9 Å². The molecule has 5 heteroatoms. The molecule has 0 aromatic heterocycles. The standard InChI is InChI=1S/2C8H16O2.Cu/c1-7(2)5-3-4-6-8(9)10;1-3-5-6-7(4-2)8(9)10;/h2*7H,3-6H2,1-2H3,(H,9,10);. The van der Waals surface area contributed by atoms with Crippen LogP contribution in [0.3, 0.4) is 0 Å². The zero-order valence-corrected chi connectivity index (χ0v) is 14.8. The maximum absolute atomic E-state index is 10.4. The van der Waals surface area contributed by atoms with E-state index >= 15 is 0 Å². The number of hydrogen-bond acceptors (Lipinski definition) is 2. The molecule has 0 saturated carbocycles. The van der Waals surface area contributed by atoms with Crippen molar-refractivity contribution in [3.8, 4) is 0 Å². The predicted octanol–water partition coefficient (Wildman–Crippen LogP) is 4.57. The summed E-state index contributed by atoms with van der Waals surface area (Å²) in [5.41, 5.74) is 0. The minimum absolute atomic E-state index is 0. The largest absolute Gasteiger partial charge is 0.481 e. The molecule has 0 heterocycles. The molecular weight excluding hydrogens is 320 g/mol. The molecule has 0 aliphatic carbocycles. The summed E-state index contributed by atoms with van der Waals surface area (Å²) in [6, 6.07) is 0. The van der Waals surface area contributed by atoms with E-state index in [4.69, 9.17) is 10.2 Å². The van der Waals surface area contributed by atoms with Crippen LogP contribution in [-0.4, -0.2) is 22.2 Å². The fourth-order valence-corrected chi connectivity index (χ4v) is 1.78. The normalized spacial score (nSPS) is 11.1. The van der Waals surface area contributed by atoms with Crippen molar-refractivity contribution in [2.45, 2.75) is 79.1 Å². The molecule has 0 rings (SSSR count). The quantitative estimate of drug-likeness (QED) is 0.446. The van der Waals surface area contributed by atoms with Crippen LogP contribution in [0, 0.1) is 11.8 Å².